The second-order valence-electron chi connectivity index (χ2n) is 7.09. The van der Waals surface area contributed by atoms with E-state index in [0.29, 0.717) is 11.6 Å². The lowest BCUT2D eigenvalue weighted by molar-refractivity contribution is 0.0417. The first-order valence-electron chi connectivity index (χ1n) is 7.95. The zero-order valence-electron chi connectivity index (χ0n) is 12.5. The first kappa shape index (κ1) is 13.8. The van der Waals surface area contributed by atoms with E-state index < -0.39 is 0 Å². The fourth-order valence-electron chi connectivity index (χ4n) is 3.77. The van der Waals surface area contributed by atoms with Gasteiger partial charge in [0.15, 0.2) is 0 Å². The maximum Gasteiger partial charge on any atom is 0.0702 e. The van der Waals surface area contributed by atoms with Crippen LogP contribution >= 0.6 is 0 Å². The van der Waals surface area contributed by atoms with Crippen molar-refractivity contribution in [3.63, 3.8) is 0 Å². The zero-order chi connectivity index (χ0) is 13.3. The molecule has 0 aromatic rings. The van der Waals surface area contributed by atoms with Gasteiger partial charge >= 0.3 is 0 Å². The minimum Gasteiger partial charge on any atom is -0.377 e. The monoisotopic (exact) mass is 267 g/mol. The second-order valence-corrected chi connectivity index (χ2v) is 7.09. The zero-order valence-corrected chi connectivity index (χ0v) is 12.5. The number of hydrogen-bond donors (Lipinski definition) is 1. The summed E-state index contributed by atoms with van der Waals surface area (Å²) in [4.78, 5) is 5.29. The Bertz CT molecular complexity index is 294. The molecule has 3 rings (SSSR count). The minimum absolute atomic E-state index is 0.333. The van der Waals surface area contributed by atoms with Crippen molar-refractivity contribution < 1.29 is 4.74 Å². The lowest BCUT2D eigenvalue weighted by Gasteiger charge is -2.38. The van der Waals surface area contributed by atoms with Crippen LogP contribution < -0.4 is 5.32 Å². The summed E-state index contributed by atoms with van der Waals surface area (Å²) in [5.41, 5.74) is 0.333. The Labute approximate surface area is 117 Å². The molecule has 0 saturated carbocycles. The Balaban J connectivity index is 1.42. The smallest absolute Gasteiger partial charge is 0.0702 e. The van der Waals surface area contributed by atoms with Gasteiger partial charge in [0.2, 0.25) is 0 Å². The van der Waals surface area contributed by atoms with Crippen molar-refractivity contribution >= 4 is 0 Å². The molecule has 0 aromatic heterocycles. The van der Waals surface area contributed by atoms with Gasteiger partial charge in [0.05, 0.1) is 6.10 Å². The van der Waals surface area contributed by atoms with Gasteiger partial charge in [-0.1, -0.05) is 0 Å². The van der Waals surface area contributed by atoms with Gasteiger partial charge in [-0.05, 0) is 33.1 Å². The Morgan fingerprint density at radius 1 is 1.21 bits per heavy atom. The van der Waals surface area contributed by atoms with Gasteiger partial charge in [0.25, 0.3) is 0 Å². The fraction of sp³-hybridized carbons (Fsp3) is 1.00. The molecule has 3 saturated heterocycles. The highest BCUT2D eigenvalue weighted by Gasteiger charge is 2.35. The van der Waals surface area contributed by atoms with Crippen LogP contribution in [0.2, 0.25) is 0 Å². The van der Waals surface area contributed by atoms with Gasteiger partial charge in [-0.2, -0.15) is 0 Å². The van der Waals surface area contributed by atoms with Crippen LogP contribution in [0.15, 0.2) is 0 Å². The molecule has 0 spiro atoms. The summed E-state index contributed by atoms with van der Waals surface area (Å²) in [6, 6.07) is 0.750. The van der Waals surface area contributed by atoms with Gasteiger partial charge in [-0.3, -0.25) is 9.80 Å². The normalized spacial score (nSPS) is 36.9. The molecule has 3 aliphatic heterocycles. The molecule has 3 fully saturated rings. The largest absolute Gasteiger partial charge is 0.377 e. The molecule has 0 bridgehead atoms. The Morgan fingerprint density at radius 3 is 2.58 bits per heavy atom. The Kier molecular flexibility index (Phi) is 4.13. The lowest BCUT2D eigenvalue weighted by Crippen LogP contribution is -2.52. The molecule has 0 amide bonds. The minimum atomic E-state index is 0.333. The van der Waals surface area contributed by atoms with E-state index in [1.807, 2.05) is 0 Å². The van der Waals surface area contributed by atoms with E-state index in [9.17, 15) is 0 Å². The highest BCUT2D eigenvalue weighted by Crippen LogP contribution is 2.23. The highest BCUT2D eigenvalue weighted by atomic mass is 16.5. The first-order valence-corrected chi connectivity index (χ1v) is 7.95. The molecule has 2 atom stereocenters. The molecule has 1 N–H and O–H groups in total. The second kappa shape index (κ2) is 5.68. The maximum atomic E-state index is 5.74. The molecule has 3 aliphatic rings. The number of ether oxygens (including phenoxy) is 1. The molecule has 0 aliphatic carbocycles. The van der Waals surface area contributed by atoms with Crippen LogP contribution in [0, 0.1) is 0 Å². The summed E-state index contributed by atoms with van der Waals surface area (Å²) >= 11 is 0. The van der Waals surface area contributed by atoms with E-state index in [-0.39, 0.29) is 0 Å². The predicted molar refractivity (Wildman–Crippen MR) is 77.5 cm³/mol. The van der Waals surface area contributed by atoms with Crippen molar-refractivity contribution in [3.05, 3.63) is 0 Å². The van der Waals surface area contributed by atoms with Gasteiger partial charge in [0, 0.05) is 57.5 Å². The number of rotatable bonds is 3. The van der Waals surface area contributed by atoms with Gasteiger partial charge < -0.3 is 10.1 Å². The molecule has 0 aromatic carbocycles. The summed E-state index contributed by atoms with van der Waals surface area (Å²) < 4.78 is 5.74. The van der Waals surface area contributed by atoms with Crippen molar-refractivity contribution in [1.29, 1.82) is 0 Å². The standard InChI is InChI=1S/C15H29N3O/c1-15(2)10-13(11-16-15)18-7-5-17(6-8-18)12-14-4-3-9-19-14/h13-14,16H,3-12H2,1-2H3. The van der Waals surface area contributed by atoms with E-state index in [4.69, 9.17) is 4.74 Å². The van der Waals surface area contributed by atoms with E-state index in [0.717, 1.165) is 19.2 Å². The summed E-state index contributed by atoms with van der Waals surface area (Å²) in [6.45, 7) is 12.8. The quantitative estimate of drug-likeness (QED) is 0.823. The molecule has 19 heavy (non-hydrogen) atoms. The van der Waals surface area contributed by atoms with Gasteiger partial charge in [-0.25, -0.2) is 0 Å². The average Bonchev–Trinajstić information content (AvgIpc) is 3.00. The maximum absolute atomic E-state index is 5.74. The first-order chi connectivity index (χ1) is 9.12. The van der Waals surface area contributed by atoms with Crippen molar-refractivity contribution in [3.8, 4) is 0 Å². The Morgan fingerprint density at radius 2 is 2.00 bits per heavy atom. The number of nitrogens with zero attached hydrogens (tertiary/aromatic N) is 2. The van der Waals surface area contributed by atoms with Crippen molar-refractivity contribution in [2.45, 2.75) is 50.8 Å². The number of hydrogen-bond acceptors (Lipinski definition) is 4. The third kappa shape index (κ3) is 3.48. The van der Waals surface area contributed by atoms with E-state index >= 15 is 0 Å². The van der Waals surface area contributed by atoms with E-state index in [1.165, 1.54) is 52.0 Å². The predicted octanol–water partition coefficient (Wildman–Crippen LogP) is 0.924. The molecular weight excluding hydrogens is 238 g/mol. The summed E-state index contributed by atoms with van der Waals surface area (Å²) in [5.74, 6) is 0. The molecule has 4 heteroatoms. The van der Waals surface area contributed by atoms with Crippen LogP contribution in [-0.2, 0) is 4.74 Å². The number of nitrogens with one attached hydrogen (secondary N) is 1. The fourth-order valence-corrected chi connectivity index (χ4v) is 3.77. The Hall–Kier alpha value is -0.160. The summed E-state index contributed by atoms with van der Waals surface area (Å²) in [7, 11) is 0. The topological polar surface area (TPSA) is 27.7 Å². The number of piperazine rings is 1. The SMILES string of the molecule is CC1(C)CC(N2CCN(CC3CCCO3)CC2)CN1. The van der Waals surface area contributed by atoms with Crippen LogP contribution in [0.3, 0.4) is 0 Å². The van der Waals surface area contributed by atoms with Crippen molar-refractivity contribution in [1.82, 2.24) is 15.1 Å². The third-order valence-electron chi connectivity index (χ3n) is 4.97. The van der Waals surface area contributed by atoms with Crippen LogP contribution in [-0.4, -0.2) is 73.4 Å². The van der Waals surface area contributed by atoms with E-state index in [2.05, 4.69) is 29.0 Å². The summed E-state index contributed by atoms with van der Waals surface area (Å²) in [6.07, 6.45) is 4.33. The van der Waals surface area contributed by atoms with Crippen LogP contribution in [0.25, 0.3) is 0 Å². The van der Waals surface area contributed by atoms with Gasteiger partial charge in [-0.15, -0.1) is 0 Å². The molecule has 4 nitrogen and oxygen atoms in total. The highest BCUT2D eigenvalue weighted by molar-refractivity contribution is 4.95. The molecule has 2 unspecified atom stereocenters. The average molecular weight is 267 g/mol. The van der Waals surface area contributed by atoms with Crippen molar-refractivity contribution in [2.24, 2.45) is 0 Å². The van der Waals surface area contributed by atoms with Crippen LogP contribution in [0.4, 0.5) is 0 Å². The van der Waals surface area contributed by atoms with Crippen molar-refractivity contribution in [2.75, 3.05) is 45.9 Å². The van der Waals surface area contributed by atoms with Gasteiger partial charge in [0.1, 0.15) is 0 Å². The molecule has 110 valence electrons. The van der Waals surface area contributed by atoms with Crippen LogP contribution in [0.5, 0.6) is 0 Å². The lowest BCUT2D eigenvalue weighted by atomic mass is 10.0. The summed E-state index contributed by atoms with van der Waals surface area (Å²) in [5, 5.41) is 3.64. The molecule has 3 heterocycles. The molecule has 0 radical (unpaired) electrons. The third-order valence-corrected chi connectivity index (χ3v) is 4.97. The van der Waals surface area contributed by atoms with Crippen LogP contribution in [0.1, 0.15) is 33.1 Å². The molecular formula is C15H29N3O. The van der Waals surface area contributed by atoms with E-state index in [1.54, 1.807) is 0 Å².